The summed E-state index contributed by atoms with van der Waals surface area (Å²) >= 11 is 0. The van der Waals surface area contributed by atoms with E-state index in [1.807, 2.05) is 0 Å². The number of carbonyl (C=O) groups is 2. The minimum absolute atomic E-state index is 0.0598. The van der Waals surface area contributed by atoms with Crippen LogP contribution in [0.2, 0.25) is 0 Å². The second-order valence-electron chi connectivity index (χ2n) is 9.25. The van der Waals surface area contributed by atoms with E-state index in [2.05, 4.69) is 18.7 Å². The summed E-state index contributed by atoms with van der Waals surface area (Å²) in [6, 6.07) is 9.77. The number of aliphatic hydroxyl groups is 1. The van der Waals surface area contributed by atoms with Crippen molar-refractivity contribution in [1.29, 1.82) is 0 Å². The van der Waals surface area contributed by atoms with Crippen molar-refractivity contribution in [2.24, 2.45) is 0 Å². The van der Waals surface area contributed by atoms with Crippen LogP contribution in [0.3, 0.4) is 0 Å². The average molecular weight is 512 g/mol. The zero-order valence-electron chi connectivity index (χ0n) is 21.4. The second kappa shape index (κ2) is 13.1. The molecule has 1 saturated heterocycles. The molecule has 9 heteroatoms. The third kappa shape index (κ3) is 6.80. The van der Waals surface area contributed by atoms with Gasteiger partial charge >= 0.3 is 0 Å². The van der Waals surface area contributed by atoms with Crippen molar-refractivity contribution in [3.05, 3.63) is 81.2 Å². The second-order valence-corrected chi connectivity index (χ2v) is 9.25. The standard InChI is InChI=1S/C28H34FN3O5/c1-3-5-15-30(16-6-4-2)17-8-18-31-25(20-11-13-22(29)14-12-20)24(27(34)28(31)35)26(33)21-9-7-10-23(19-21)32(36)37/h7,9-14,19,25,33H,3-6,8,15-18H2,1-2H3/b26-24-. The van der Waals surface area contributed by atoms with Gasteiger partial charge in [0.15, 0.2) is 0 Å². The largest absolute Gasteiger partial charge is 0.507 e. The molecule has 198 valence electrons. The number of aliphatic hydroxyl groups excluding tert-OH is 1. The first-order chi connectivity index (χ1) is 17.8. The third-order valence-corrected chi connectivity index (χ3v) is 6.59. The number of halogens is 1. The predicted octanol–water partition coefficient (Wildman–Crippen LogP) is 5.45. The summed E-state index contributed by atoms with van der Waals surface area (Å²) < 4.78 is 13.7. The molecule has 0 aromatic heterocycles. The van der Waals surface area contributed by atoms with Crippen molar-refractivity contribution in [3.63, 3.8) is 0 Å². The van der Waals surface area contributed by atoms with E-state index in [0.717, 1.165) is 51.4 Å². The quantitative estimate of drug-likeness (QED) is 0.126. The Labute approximate surface area is 216 Å². The zero-order valence-corrected chi connectivity index (χ0v) is 21.4. The number of nitro benzene ring substituents is 1. The van der Waals surface area contributed by atoms with Crippen molar-refractivity contribution in [2.75, 3.05) is 26.2 Å². The van der Waals surface area contributed by atoms with Crippen molar-refractivity contribution >= 4 is 23.1 Å². The van der Waals surface area contributed by atoms with Gasteiger partial charge in [0.1, 0.15) is 11.6 Å². The van der Waals surface area contributed by atoms with Gasteiger partial charge in [0.25, 0.3) is 17.4 Å². The van der Waals surface area contributed by atoms with E-state index in [0.29, 0.717) is 12.0 Å². The maximum Gasteiger partial charge on any atom is 0.295 e. The molecular formula is C28H34FN3O5. The fourth-order valence-electron chi connectivity index (χ4n) is 4.59. The van der Waals surface area contributed by atoms with Crippen LogP contribution < -0.4 is 0 Å². The number of ketones is 1. The van der Waals surface area contributed by atoms with Crippen LogP contribution in [-0.2, 0) is 9.59 Å². The SMILES string of the molecule is CCCCN(CCCC)CCCN1C(=O)C(=O)/C(=C(\O)c2cccc([N+](=O)[O-])c2)C1c1ccc(F)cc1. The molecule has 0 bridgehead atoms. The number of benzene rings is 2. The monoisotopic (exact) mass is 511 g/mol. The number of hydrogen-bond acceptors (Lipinski definition) is 6. The van der Waals surface area contributed by atoms with Crippen molar-refractivity contribution in [1.82, 2.24) is 9.80 Å². The van der Waals surface area contributed by atoms with E-state index in [1.165, 1.54) is 47.4 Å². The Balaban J connectivity index is 1.95. The molecule has 1 aliphatic heterocycles. The van der Waals surface area contributed by atoms with Crippen LogP contribution in [0.15, 0.2) is 54.1 Å². The number of carbonyl (C=O) groups excluding carboxylic acids is 2. The summed E-state index contributed by atoms with van der Waals surface area (Å²) in [6.45, 7) is 7.23. The van der Waals surface area contributed by atoms with Gasteiger partial charge in [0.05, 0.1) is 16.5 Å². The maximum absolute atomic E-state index is 13.7. The molecule has 0 saturated carbocycles. The first kappa shape index (κ1) is 28.0. The molecule has 3 rings (SSSR count). The van der Waals surface area contributed by atoms with Crippen LogP contribution in [0.4, 0.5) is 10.1 Å². The summed E-state index contributed by atoms with van der Waals surface area (Å²) in [5.41, 5.74) is 0.118. The minimum Gasteiger partial charge on any atom is -0.507 e. The molecule has 1 N–H and O–H groups in total. The highest BCUT2D eigenvalue weighted by molar-refractivity contribution is 6.46. The van der Waals surface area contributed by atoms with E-state index < -0.39 is 34.2 Å². The lowest BCUT2D eigenvalue weighted by atomic mass is 9.95. The number of non-ortho nitro benzene ring substituents is 1. The zero-order chi connectivity index (χ0) is 26.9. The first-order valence-electron chi connectivity index (χ1n) is 12.8. The van der Waals surface area contributed by atoms with Crippen LogP contribution in [0, 0.1) is 15.9 Å². The minimum atomic E-state index is -0.931. The summed E-state index contributed by atoms with van der Waals surface area (Å²) in [4.78, 5) is 40.7. The molecule has 37 heavy (non-hydrogen) atoms. The number of unbranched alkanes of at least 4 members (excludes halogenated alkanes) is 2. The Kier molecular flexibility index (Phi) is 9.91. The van der Waals surface area contributed by atoms with Gasteiger partial charge in [-0.25, -0.2) is 4.39 Å². The summed E-state index contributed by atoms with van der Waals surface area (Å²) in [7, 11) is 0. The molecular weight excluding hydrogens is 477 g/mol. The van der Waals surface area contributed by atoms with Crippen LogP contribution in [0.25, 0.3) is 5.76 Å². The van der Waals surface area contributed by atoms with Crippen molar-refractivity contribution in [2.45, 2.75) is 52.0 Å². The van der Waals surface area contributed by atoms with Gasteiger partial charge in [0.2, 0.25) is 0 Å². The highest BCUT2D eigenvalue weighted by atomic mass is 19.1. The fourth-order valence-corrected chi connectivity index (χ4v) is 4.59. The van der Waals surface area contributed by atoms with Crippen molar-refractivity contribution < 1.29 is 24.0 Å². The topological polar surface area (TPSA) is 104 Å². The molecule has 1 heterocycles. The molecule has 1 unspecified atom stereocenters. The molecule has 1 aliphatic rings. The Morgan fingerprint density at radius 3 is 2.24 bits per heavy atom. The van der Waals surface area contributed by atoms with Gasteiger partial charge in [-0.3, -0.25) is 19.7 Å². The van der Waals surface area contributed by atoms with Gasteiger partial charge in [-0.15, -0.1) is 0 Å². The summed E-state index contributed by atoms with van der Waals surface area (Å²) in [6.07, 6.45) is 4.94. The number of nitrogens with zero attached hydrogens (tertiary/aromatic N) is 3. The Morgan fingerprint density at radius 2 is 1.65 bits per heavy atom. The molecule has 0 radical (unpaired) electrons. The first-order valence-corrected chi connectivity index (χ1v) is 12.8. The fraction of sp³-hybridized carbons (Fsp3) is 0.429. The van der Waals surface area contributed by atoms with E-state index in [-0.39, 0.29) is 23.4 Å². The highest BCUT2D eigenvalue weighted by Crippen LogP contribution is 2.39. The number of hydrogen-bond donors (Lipinski definition) is 1. The normalized spacial score (nSPS) is 17.1. The molecule has 0 spiro atoms. The van der Waals surface area contributed by atoms with E-state index in [9.17, 15) is 29.2 Å². The predicted molar refractivity (Wildman–Crippen MR) is 139 cm³/mol. The third-order valence-electron chi connectivity index (χ3n) is 6.59. The average Bonchev–Trinajstić information content (AvgIpc) is 3.15. The number of nitro groups is 1. The van der Waals surface area contributed by atoms with E-state index in [4.69, 9.17) is 0 Å². The summed E-state index contributed by atoms with van der Waals surface area (Å²) in [5, 5.41) is 22.3. The smallest absolute Gasteiger partial charge is 0.295 e. The van der Waals surface area contributed by atoms with Crippen LogP contribution in [-0.4, -0.2) is 57.7 Å². The van der Waals surface area contributed by atoms with Gasteiger partial charge < -0.3 is 14.9 Å². The summed E-state index contributed by atoms with van der Waals surface area (Å²) in [5.74, 6) is -2.59. The highest BCUT2D eigenvalue weighted by Gasteiger charge is 2.45. The Bertz CT molecular complexity index is 1140. The molecule has 1 fully saturated rings. The lowest BCUT2D eigenvalue weighted by Crippen LogP contribution is -2.34. The van der Waals surface area contributed by atoms with Crippen LogP contribution >= 0.6 is 0 Å². The lowest BCUT2D eigenvalue weighted by Gasteiger charge is -2.27. The molecule has 0 aliphatic carbocycles. The van der Waals surface area contributed by atoms with Gasteiger partial charge in [0, 0.05) is 24.2 Å². The number of rotatable bonds is 13. The maximum atomic E-state index is 13.7. The lowest BCUT2D eigenvalue weighted by molar-refractivity contribution is -0.384. The van der Waals surface area contributed by atoms with E-state index >= 15 is 0 Å². The van der Waals surface area contributed by atoms with Gasteiger partial charge in [-0.05, 0) is 56.6 Å². The molecule has 1 amide bonds. The van der Waals surface area contributed by atoms with Crippen LogP contribution in [0.5, 0.6) is 0 Å². The van der Waals surface area contributed by atoms with Crippen molar-refractivity contribution in [3.8, 4) is 0 Å². The molecule has 1 atom stereocenters. The van der Waals surface area contributed by atoms with Gasteiger partial charge in [-0.1, -0.05) is 51.0 Å². The van der Waals surface area contributed by atoms with Crippen LogP contribution in [0.1, 0.15) is 63.1 Å². The Morgan fingerprint density at radius 1 is 1.03 bits per heavy atom. The van der Waals surface area contributed by atoms with E-state index in [1.54, 1.807) is 0 Å². The number of Topliss-reactive ketones (excluding diaryl/α,β-unsaturated/α-hetero) is 1. The molecule has 2 aromatic carbocycles. The van der Waals surface area contributed by atoms with Gasteiger partial charge in [-0.2, -0.15) is 0 Å². The molecule has 8 nitrogen and oxygen atoms in total. The Hall–Kier alpha value is -3.59. The molecule has 2 aromatic rings. The number of amides is 1. The number of likely N-dealkylation sites (tertiary alicyclic amines) is 1.